The van der Waals surface area contributed by atoms with E-state index in [1.54, 1.807) is 0 Å². The van der Waals surface area contributed by atoms with Gasteiger partial charge in [0.2, 0.25) is 0 Å². The Morgan fingerprint density at radius 1 is 0.477 bits per heavy atom. The maximum atomic E-state index is 3.32. The van der Waals surface area contributed by atoms with Gasteiger partial charge in [-0.1, -0.05) is 152 Å². The fraction of sp³-hybridized carbons (Fsp3) is 0.810. The molecule has 0 bridgehead atoms. The van der Waals surface area contributed by atoms with Gasteiger partial charge in [0, 0.05) is 19.6 Å². The molecule has 0 unspecified atom stereocenters. The third-order valence-corrected chi connectivity index (χ3v) is 8.94. The highest BCUT2D eigenvalue weighted by Gasteiger charge is 2.11. The van der Waals surface area contributed by atoms with Gasteiger partial charge in [-0.2, -0.15) is 0 Å². The first kappa shape index (κ1) is 42.9. The van der Waals surface area contributed by atoms with Crippen LogP contribution in [0.25, 0.3) is 0 Å². The normalized spacial score (nSPS) is 12.6. The molecule has 0 heterocycles. The summed E-state index contributed by atoms with van der Waals surface area (Å²) in [5.74, 6) is 0.883. The molecule has 2 nitrogen and oxygen atoms in total. The number of nitrogens with one attached hydrogen (secondary N) is 1. The van der Waals surface area contributed by atoms with Gasteiger partial charge in [-0.15, -0.1) is 0 Å². The van der Waals surface area contributed by atoms with Gasteiger partial charge in [0.25, 0.3) is 0 Å². The third-order valence-electron chi connectivity index (χ3n) is 8.94. The Kier molecular flexibility index (Phi) is 37.1. The fourth-order valence-corrected chi connectivity index (χ4v) is 6.00. The second-order valence-corrected chi connectivity index (χ2v) is 13.5. The second kappa shape index (κ2) is 38.1. The Balaban J connectivity index is 3.87. The van der Waals surface area contributed by atoms with Crippen LogP contribution in [0.1, 0.15) is 181 Å². The number of rotatable bonds is 35. The third kappa shape index (κ3) is 35.4. The van der Waals surface area contributed by atoms with Gasteiger partial charge in [-0.25, -0.2) is 0 Å². The van der Waals surface area contributed by atoms with Crippen molar-refractivity contribution < 1.29 is 0 Å². The highest BCUT2D eigenvalue weighted by atomic mass is 15.1. The van der Waals surface area contributed by atoms with Crippen LogP contribution in [0.5, 0.6) is 0 Å². The lowest BCUT2D eigenvalue weighted by Crippen LogP contribution is -2.31. The van der Waals surface area contributed by atoms with Crippen molar-refractivity contribution in [3.8, 4) is 0 Å². The summed E-state index contributed by atoms with van der Waals surface area (Å²) < 4.78 is 0. The van der Waals surface area contributed by atoms with E-state index in [1.807, 2.05) is 0 Å². The van der Waals surface area contributed by atoms with Crippen LogP contribution in [0.3, 0.4) is 0 Å². The van der Waals surface area contributed by atoms with Gasteiger partial charge >= 0.3 is 0 Å². The second-order valence-electron chi connectivity index (χ2n) is 13.5. The molecule has 0 fully saturated rings. The van der Waals surface area contributed by atoms with Crippen molar-refractivity contribution in [2.75, 3.05) is 33.7 Å². The van der Waals surface area contributed by atoms with Crippen molar-refractivity contribution in [1.29, 1.82) is 0 Å². The van der Waals surface area contributed by atoms with Crippen LogP contribution in [0.2, 0.25) is 0 Å². The lowest BCUT2D eigenvalue weighted by atomic mass is 9.93. The molecule has 0 radical (unpaired) electrons. The molecule has 0 aromatic rings. The molecule has 0 saturated heterocycles. The molecular formula is C42H80N2. The smallest absolute Gasteiger partial charge is 0.0104 e. The van der Waals surface area contributed by atoms with E-state index in [4.69, 9.17) is 0 Å². The molecule has 0 rings (SSSR count). The summed E-state index contributed by atoms with van der Waals surface area (Å²) in [6.07, 6.45) is 54.1. The SMILES string of the molecule is CCCCC/C=C\C/C=C\CCCCCCCCC(CCCCCCCC/C=C\C/C=C\CCCCC)CN(C)CCNC. The summed E-state index contributed by atoms with van der Waals surface area (Å²) in [6, 6.07) is 0. The number of hydrogen-bond acceptors (Lipinski definition) is 2. The zero-order valence-electron chi connectivity index (χ0n) is 30.6. The first-order valence-electron chi connectivity index (χ1n) is 19.7. The minimum absolute atomic E-state index is 0.883. The average Bonchev–Trinajstić information content (AvgIpc) is 3.03. The minimum Gasteiger partial charge on any atom is -0.318 e. The van der Waals surface area contributed by atoms with E-state index >= 15 is 0 Å². The minimum atomic E-state index is 0.883. The van der Waals surface area contributed by atoms with E-state index in [-0.39, 0.29) is 0 Å². The monoisotopic (exact) mass is 613 g/mol. The molecule has 44 heavy (non-hydrogen) atoms. The summed E-state index contributed by atoms with van der Waals surface area (Å²) in [5.41, 5.74) is 0. The summed E-state index contributed by atoms with van der Waals surface area (Å²) in [5, 5.41) is 3.32. The van der Waals surface area contributed by atoms with E-state index < -0.39 is 0 Å². The zero-order chi connectivity index (χ0) is 32.0. The maximum Gasteiger partial charge on any atom is 0.0104 e. The van der Waals surface area contributed by atoms with Crippen molar-refractivity contribution in [2.45, 2.75) is 181 Å². The molecule has 0 spiro atoms. The van der Waals surface area contributed by atoms with Crippen LogP contribution in [-0.4, -0.2) is 38.6 Å². The first-order chi connectivity index (χ1) is 21.7. The van der Waals surface area contributed by atoms with E-state index in [0.717, 1.165) is 25.3 Å². The molecule has 0 aliphatic heterocycles. The molecule has 0 atom stereocenters. The molecule has 0 aliphatic carbocycles. The Labute approximate surface area is 278 Å². The molecule has 258 valence electrons. The van der Waals surface area contributed by atoms with Gasteiger partial charge in [-0.3, -0.25) is 0 Å². The highest BCUT2D eigenvalue weighted by molar-refractivity contribution is 4.93. The molecule has 0 amide bonds. The number of unbranched alkanes of at least 4 members (excludes halogenated alkanes) is 18. The largest absolute Gasteiger partial charge is 0.318 e. The van der Waals surface area contributed by atoms with Crippen LogP contribution >= 0.6 is 0 Å². The zero-order valence-corrected chi connectivity index (χ0v) is 30.6. The van der Waals surface area contributed by atoms with Crippen LogP contribution in [0.15, 0.2) is 48.6 Å². The van der Waals surface area contributed by atoms with Gasteiger partial charge in [0.05, 0.1) is 0 Å². The van der Waals surface area contributed by atoms with E-state index in [1.165, 1.54) is 167 Å². The van der Waals surface area contributed by atoms with Gasteiger partial charge in [-0.05, 0) is 97.1 Å². The number of nitrogens with zero attached hydrogens (tertiary/aromatic N) is 1. The quantitative estimate of drug-likeness (QED) is 0.0566. The fourth-order valence-electron chi connectivity index (χ4n) is 6.00. The van der Waals surface area contributed by atoms with E-state index in [0.29, 0.717) is 0 Å². The van der Waals surface area contributed by atoms with Crippen molar-refractivity contribution in [3.05, 3.63) is 48.6 Å². The van der Waals surface area contributed by atoms with Crippen LogP contribution < -0.4 is 5.32 Å². The van der Waals surface area contributed by atoms with E-state index in [2.05, 4.69) is 86.8 Å². The maximum absolute atomic E-state index is 3.32. The molecule has 0 saturated carbocycles. The summed E-state index contributed by atoms with van der Waals surface area (Å²) in [7, 11) is 4.39. The molecule has 0 aromatic carbocycles. The predicted molar refractivity (Wildman–Crippen MR) is 203 cm³/mol. The standard InChI is InChI=1S/C42H80N2/c1-5-7-9-11-13-15-17-19-21-23-25-27-29-31-33-35-37-42(41-44(4)40-39-43-3)38-36-34-32-30-28-26-24-22-20-18-16-14-12-10-8-6-2/h13-16,19-22,42-43H,5-12,17-18,23-41H2,1-4H3/b15-13-,16-14-,21-19-,22-20-. The van der Waals surface area contributed by atoms with Crippen molar-refractivity contribution in [2.24, 2.45) is 5.92 Å². The summed E-state index contributed by atoms with van der Waals surface area (Å²) in [6.45, 7) is 8.09. The molecule has 1 N–H and O–H groups in total. The van der Waals surface area contributed by atoms with Crippen molar-refractivity contribution in [3.63, 3.8) is 0 Å². The number of allylic oxidation sites excluding steroid dienone is 8. The lowest BCUT2D eigenvalue weighted by Gasteiger charge is -2.24. The Hall–Kier alpha value is -1.12. The Morgan fingerprint density at radius 3 is 1.23 bits per heavy atom. The predicted octanol–water partition coefficient (Wildman–Crippen LogP) is 13.2. The average molecular weight is 613 g/mol. The van der Waals surface area contributed by atoms with Gasteiger partial charge in [0.15, 0.2) is 0 Å². The Bertz CT molecular complexity index is 598. The van der Waals surface area contributed by atoms with E-state index in [9.17, 15) is 0 Å². The molecular weight excluding hydrogens is 532 g/mol. The van der Waals surface area contributed by atoms with Crippen LogP contribution in [0, 0.1) is 5.92 Å². The topological polar surface area (TPSA) is 15.3 Å². The van der Waals surface area contributed by atoms with Crippen molar-refractivity contribution >= 4 is 0 Å². The molecule has 0 aromatic heterocycles. The summed E-state index contributed by atoms with van der Waals surface area (Å²) in [4.78, 5) is 2.56. The lowest BCUT2D eigenvalue weighted by molar-refractivity contribution is 0.251. The summed E-state index contributed by atoms with van der Waals surface area (Å²) >= 11 is 0. The number of hydrogen-bond donors (Lipinski definition) is 1. The Morgan fingerprint density at radius 2 is 0.841 bits per heavy atom. The van der Waals surface area contributed by atoms with Crippen LogP contribution in [-0.2, 0) is 0 Å². The van der Waals surface area contributed by atoms with Crippen molar-refractivity contribution in [1.82, 2.24) is 10.2 Å². The first-order valence-corrected chi connectivity index (χ1v) is 19.7. The molecule has 2 heteroatoms. The highest BCUT2D eigenvalue weighted by Crippen LogP contribution is 2.20. The van der Waals surface area contributed by atoms with Gasteiger partial charge in [0.1, 0.15) is 0 Å². The molecule has 0 aliphatic rings. The number of likely N-dealkylation sites (N-methyl/N-ethyl adjacent to an activating group) is 2. The van der Waals surface area contributed by atoms with Gasteiger partial charge < -0.3 is 10.2 Å². The van der Waals surface area contributed by atoms with Crippen LogP contribution in [0.4, 0.5) is 0 Å².